The van der Waals surface area contributed by atoms with E-state index in [1.54, 1.807) is 6.07 Å². The molecule has 0 aromatic heterocycles. The Bertz CT molecular complexity index is 631. The standard InChI is InChI=1S/C15H12BrFO2S/c1-19-11-5-6-13(14(17)8-11)15(18)9-20-12-4-2-3-10(16)7-12/h2-8H,9H2,1H3. The van der Waals surface area contributed by atoms with Crippen LogP contribution in [0.25, 0.3) is 0 Å². The number of methoxy groups -OCH3 is 1. The zero-order chi connectivity index (χ0) is 14.5. The highest BCUT2D eigenvalue weighted by Crippen LogP contribution is 2.24. The fraction of sp³-hybridized carbons (Fsp3) is 0.133. The lowest BCUT2D eigenvalue weighted by molar-refractivity contribution is 0.101. The Hall–Kier alpha value is -1.33. The molecule has 0 saturated carbocycles. The van der Waals surface area contributed by atoms with Crippen LogP contribution in [-0.2, 0) is 0 Å². The number of hydrogen-bond acceptors (Lipinski definition) is 3. The van der Waals surface area contributed by atoms with E-state index in [1.807, 2.05) is 24.3 Å². The Balaban J connectivity index is 2.05. The van der Waals surface area contributed by atoms with Crippen LogP contribution in [0.1, 0.15) is 10.4 Å². The van der Waals surface area contributed by atoms with Crippen molar-refractivity contribution in [3.63, 3.8) is 0 Å². The number of ketones is 1. The van der Waals surface area contributed by atoms with E-state index in [0.29, 0.717) is 5.75 Å². The summed E-state index contributed by atoms with van der Waals surface area (Å²) in [7, 11) is 1.46. The fourth-order valence-electron chi connectivity index (χ4n) is 1.63. The van der Waals surface area contributed by atoms with Crippen molar-refractivity contribution in [1.29, 1.82) is 0 Å². The molecule has 0 fully saturated rings. The van der Waals surface area contributed by atoms with Crippen LogP contribution in [-0.4, -0.2) is 18.6 Å². The molecular formula is C15H12BrFO2S. The minimum Gasteiger partial charge on any atom is -0.497 e. The smallest absolute Gasteiger partial charge is 0.176 e. The highest BCUT2D eigenvalue weighted by Gasteiger charge is 2.13. The van der Waals surface area contributed by atoms with E-state index in [9.17, 15) is 9.18 Å². The third-order valence-electron chi connectivity index (χ3n) is 2.64. The molecule has 104 valence electrons. The number of rotatable bonds is 5. The highest BCUT2D eigenvalue weighted by molar-refractivity contribution is 9.10. The molecule has 20 heavy (non-hydrogen) atoms. The molecule has 2 rings (SSSR count). The van der Waals surface area contributed by atoms with Gasteiger partial charge in [0, 0.05) is 15.4 Å². The van der Waals surface area contributed by atoms with Crippen LogP contribution in [0.15, 0.2) is 51.8 Å². The van der Waals surface area contributed by atoms with Crippen LogP contribution in [0, 0.1) is 5.82 Å². The second-order valence-corrected chi connectivity index (χ2v) is 5.98. The van der Waals surface area contributed by atoms with Crippen molar-refractivity contribution in [3.05, 3.63) is 58.3 Å². The molecule has 0 saturated heterocycles. The molecule has 5 heteroatoms. The molecule has 0 bridgehead atoms. The van der Waals surface area contributed by atoms with Crippen LogP contribution in [0.3, 0.4) is 0 Å². The largest absolute Gasteiger partial charge is 0.497 e. The molecule has 0 unspecified atom stereocenters. The summed E-state index contributed by atoms with van der Waals surface area (Å²) >= 11 is 4.75. The maximum Gasteiger partial charge on any atom is 0.176 e. The van der Waals surface area contributed by atoms with Crippen LogP contribution >= 0.6 is 27.7 Å². The summed E-state index contributed by atoms with van der Waals surface area (Å²) < 4.78 is 19.6. The lowest BCUT2D eigenvalue weighted by atomic mass is 10.1. The van der Waals surface area contributed by atoms with E-state index in [0.717, 1.165) is 9.37 Å². The summed E-state index contributed by atoms with van der Waals surface area (Å²) in [5, 5.41) is 0. The first kappa shape index (κ1) is 15.1. The second-order valence-electron chi connectivity index (χ2n) is 4.02. The van der Waals surface area contributed by atoms with Crippen molar-refractivity contribution in [2.24, 2.45) is 0 Å². The molecule has 0 heterocycles. The molecule has 0 amide bonds. The van der Waals surface area contributed by atoms with Gasteiger partial charge in [0.15, 0.2) is 5.78 Å². The molecule has 0 aliphatic heterocycles. The predicted octanol–water partition coefficient (Wildman–Crippen LogP) is 4.57. The Morgan fingerprint density at radius 2 is 2.10 bits per heavy atom. The zero-order valence-corrected chi connectivity index (χ0v) is 13.1. The number of Topliss-reactive ketones (excluding diaryl/α,β-unsaturated/α-hetero) is 1. The maximum absolute atomic E-state index is 13.8. The first-order chi connectivity index (χ1) is 9.60. The van der Waals surface area contributed by atoms with Crippen molar-refractivity contribution >= 4 is 33.5 Å². The van der Waals surface area contributed by atoms with Crippen LogP contribution < -0.4 is 4.74 Å². The molecule has 0 N–H and O–H groups in total. The summed E-state index contributed by atoms with van der Waals surface area (Å²) in [4.78, 5) is 13.0. The van der Waals surface area contributed by atoms with Gasteiger partial charge >= 0.3 is 0 Å². The van der Waals surface area contributed by atoms with Crippen molar-refractivity contribution < 1.29 is 13.9 Å². The van der Waals surface area contributed by atoms with E-state index in [-0.39, 0.29) is 17.1 Å². The summed E-state index contributed by atoms with van der Waals surface area (Å²) in [5.41, 5.74) is 0.0910. The summed E-state index contributed by atoms with van der Waals surface area (Å²) in [6, 6.07) is 11.9. The van der Waals surface area contributed by atoms with Gasteiger partial charge in [0.2, 0.25) is 0 Å². The minimum absolute atomic E-state index is 0.0910. The Kier molecular flexibility index (Phi) is 5.20. The van der Waals surface area contributed by atoms with Crippen molar-refractivity contribution in [2.45, 2.75) is 4.90 Å². The average molecular weight is 355 g/mol. The molecule has 0 atom stereocenters. The number of thioether (sulfide) groups is 1. The third kappa shape index (κ3) is 3.84. The minimum atomic E-state index is -0.552. The van der Waals surface area contributed by atoms with Gasteiger partial charge < -0.3 is 4.74 Å². The van der Waals surface area contributed by atoms with Gasteiger partial charge in [-0.15, -0.1) is 11.8 Å². The van der Waals surface area contributed by atoms with Crippen molar-refractivity contribution in [2.75, 3.05) is 12.9 Å². The van der Waals surface area contributed by atoms with Gasteiger partial charge in [0.25, 0.3) is 0 Å². The molecular weight excluding hydrogens is 343 g/mol. The molecule has 2 aromatic rings. The Morgan fingerprint density at radius 3 is 2.75 bits per heavy atom. The molecule has 0 radical (unpaired) electrons. The Morgan fingerprint density at radius 1 is 1.30 bits per heavy atom. The zero-order valence-electron chi connectivity index (χ0n) is 10.7. The highest BCUT2D eigenvalue weighted by atomic mass is 79.9. The van der Waals surface area contributed by atoms with Crippen LogP contribution in [0.5, 0.6) is 5.75 Å². The number of carbonyl (C=O) groups excluding carboxylic acids is 1. The van der Waals surface area contributed by atoms with E-state index >= 15 is 0 Å². The van der Waals surface area contributed by atoms with Gasteiger partial charge in [-0.05, 0) is 30.3 Å². The molecule has 0 aliphatic rings. The van der Waals surface area contributed by atoms with Gasteiger partial charge in [-0.25, -0.2) is 4.39 Å². The summed E-state index contributed by atoms with van der Waals surface area (Å²) in [6.07, 6.45) is 0. The normalized spacial score (nSPS) is 10.3. The van der Waals surface area contributed by atoms with Gasteiger partial charge in [-0.3, -0.25) is 4.79 Å². The van der Waals surface area contributed by atoms with Crippen LogP contribution in [0.2, 0.25) is 0 Å². The fourth-order valence-corrected chi connectivity index (χ4v) is 3.02. The summed E-state index contributed by atoms with van der Waals surface area (Å²) in [5.74, 6) is -0.197. The van der Waals surface area contributed by atoms with E-state index in [2.05, 4.69) is 15.9 Å². The SMILES string of the molecule is COc1ccc(C(=O)CSc2cccc(Br)c2)c(F)c1. The monoisotopic (exact) mass is 354 g/mol. The van der Waals surface area contributed by atoms with Gasteiger partial charge in [0.05, 0.1) is 18.4 Å². The number of ether oxygens (including phenoxy) is 1. The topological polar surface area (TPSA) is 26.3 Å². The van der Waals surface area contributed by atoms with Gasteiger partial charge in [-0.1, -0.05) is 22.0 Å². The number of halogens is 2. The van der Waals surface area contributed by atoms with Gasteiger partial charge in [-0.2, -0.15) is 0 Å². The molecule has 2 nitrogen and oxygen atoms in total. The average Bonchev–Trinajstić information content (AvgIpc) is 2.44. The van der Waals surface area contributed by atoms with E-state index in [1.165, 1.54) is 31.0 Å². The van der Waals surface area contributed by atoms with E-state index in [4.69, 9.17) is 4.74 Å². The van der Waals surface area contributed by atoms with Crippen molar-refractivity contribution in [3.8, 4) is 5.75 Å². The number of carbonyl (C=O) groups is 1. The van der Waals surface area contributed by atoms with Gasteiger partial charge in [0.1, 0.15) is 11.6 Å². The lowest BCUT2D eigenvalue weighted by Gasteiger charge is -2.05. The maximum atomic E-state index is 13.8. The lowest BCUT2D eigenvalue weighted by Crippen LogP contribution is -2.05. The predicted molar refractivity (Wildman–Crippen MR) is 82.1 cm³/mol. The summed E-state index contributed by atoms with van der Waals surface area (Å²) in [6.45, 7) is 0. The van der Waals surface area contributed by atoms with Crippen LogP contribution in [0.4, 0.5) is 4.39 Å². The number of benzene rings is 2. The first-order valence-electron chi connectivity index (χ1n) is 5.85. The van der Waals surface area contributed by atoms with E-state index < -0.39 is 5.82 Å². The second kappa shape index (κ2) is 6.90. The molecule has 0 spiro atoms. The molecule has 0 aliphatic carbocycles. The Labute approximate surface area is 129 Å². The van der Waals surface area contributed by atoms with Crippen molar-refractivity contribution in [1.82, 2.24) is 0 Å². The molecule has 2 aromatic carbocycles. The quantitative estimate of drug-likeness (QED) is 0.581. The number of hydrogen-bond donors (Lipinski definition) is 0. The third-order valence-corrected chi connectivity index (χ3v) is 4.13. The first-order valence-corrected chi connectivity index (χ1v) is 7.63.